The van der Waals surface area contributed by atoms with Crippen LogP contribution in [-0.4, -0.2) is 24.4 Å². The Kier molecular flexibility index (Phi) is 6.92. The minimum Gasteiger partial charge on any atom is -0.326 e. The molecule has 0 heterocycles. The van der Waals surface area contributed by atoms with Gasteiger partial charge in [0.15, 0.2) is 0 Å². The molecule has 1 aromatic rings. The molecular formula is C11H16ClN3O3. The van der Waals surface area contributed by atoms with Gasteiger partial charge in [-0.15, -0.1) is 12.4 Å². The SMILES string of the molecule is CNCCC(=O)Nc1cccc([N+](=O)[O-])c1C.Cl. The van der Waals surface area contributed by atoms with Gasteiger partial charge in [-0.1, -0.05) is 6.07 Å². The topological polar surface area (TPSA) is 84.3 Å². The Hall–Kier alpha value is -1.66. The highest BCUT2D eigenvalue weighted by Crippen LogP contribution is 2.24. The van der Waals surface area contributed by atoms with Gasteiger partial charge >= 0.3 is 0 Å². The zero-order chi connectivity index (χ0) is 12.8. The number of anilines is 1. The number of rotatable bonds is 5. The van der Waals surface area contributed by atoms with E-state index in [2.05, 4.69) is 10.6 Å². The number of carbonyl (C=O) groups is 1. The molecule has 0 bridgehead atoms. The highest BCUT2D eigenvalue weighted by atomic mass is 35.5. The number of amides is 1. The molecule has 0 radical (unpaired) electrons. The molecule has 1 rings (SSSR count). The van der Waals surface area contributed by atoms with Crippen molar-refractivity contribution in [2.45, 2.75) is 13.3 Å². The first-order chi connectivity index (χ1) is 8.06. The van der Waals surface area contributed by atoms with E-state index in [1.807, 2.05) is 0 Å². The van der Waals surface area contributed by atoms with Gasteiger partial charge in [-0.05, 0) is 20.0 Å². The summed E-state index contributed by atoms with van der Waals surface area (Å²) < 4.78 is 0. The third-order valence-electron chi connectivity index (χ3n) is 2.38. The summed E-state index contributed by atoms with van der Waals surface area (Å²) in [4.78, 5) is 21.7. The van der Waals surface area contributed by atoms with Crippen LogP contribution in [0.3, 0.4) is 0 Å². The number of benzene rings is 1. The summed E-state index contributed by atoms with van der Waals surface area (Å²) in [6, 6.07) is 4.62. The van der Waals surface area contributed by atoms with Gasteiger partial charge in [0, 0.05) is 19.0 Å². The molecule has 100 valence electrons. The van der Waals surface area contributed by atoms with Crippen LogP contribution in [-0.2, 0) is 4.79 Å². The van der Waals surface area contributed by atoms with E-state index >= 15 is 0 Å². The number of nitro groups is 1. The lowest BCUT2D eigenvalue weighted by molar-refractivity contribution is -0.385. The normalized spacial score (nSPS) is 9.44. The summed E-state index contributed by atoms with van der Waals surface area (Å²) in [7, 11) is 1.76. The largest absolute Gasteiger partial charge is 0.326 e. The molecule has 0 saturated heterocycles. The smallest absolute Gasteiger partial charge is 0.274 e. The van der Waals surface area contributed by atoms with Gasteiger partial charge in [0.2, 0.25) is 5.91 Å². The van der Waals surface area contributed by atoms with Crippen LogP contribution in [0.15, 0.2) is 18.2 Å². The van der Waals surface area contributed by atoms with Gasteiger partial charge < -0.3 is 10.6 Å². The average molecular weight is 274 g/mol. The summed E-state index contributed by atoms with van der Waals surface area (Å²) in [5.41, 5.74) is 0.965. The summed E-state index contributed by atoms with van der Waals surface area (Å²) >= 11 is 0. The van der Waals surface area contributed by atoms with Crippen LogP contribution in [0, 0.1) is 17.0 Å². The second-order valence-corrected chi connectivity index (χ2v) is 3.61. The minimum absolute atomic E-state index is 0. The first-order valence-electron chi connectivity index (χ1n) is 5.24. The fraction of sp³-hybridized carbons (Fsp3) is 0.364. The van der Waals surface area contributed by atoms with Gasteiger partial charge in [-0.3, -0.25) is 14.9 Å². The van der Waals surface area contributed by atoms with Crippen molar-refractivity contribution in [2.75, 3.05) is 18.9 Å². The highest BCUT2D eigenvalue weighted by molar-refractivity contribution is 5.92. The molecule has 0 aromatic heterocycles. The van der Waals surface area contributed by atoms with E-state index in [4.69, 9.17) is 0 Å². The second-order valence-electron chi connectivity index (χ2n) is 3.61. The Bertz CT molecular complexity index is 438. The van der Waals surface area contributed by atoms with Crippen molar-refractivity contribution in [1.82, 2.24) is 5.32 Å². The molecule has 0 fully saturated rings. The molecule has 1 aromatic carbocycles. The van der Waals surface area contributed by atoms with Gasteiger partial charge in [0.05, 0.1) is 16.2 Å². The summed E-state index contributed by atoms with van der Waals surface area (Å²) in [5, 5.41) is 16.2. The number of nitro benzene ring substituents is 1. The molecule has 0 saturated carbocycles. The lowest BCUT2D eigenvalue weighted by Gasteiger charge is -2.08. The van der Waals surface area contributed by atoms with Crippen LogP contribution in [0.1, 0.15) is 12.0 Å². The third-order valence-corrected chi connectivity index (χ3v) is 2.38. The highest BCUT2D eigenvalue weighted by Gasteiger charge is 2.14. The molecule has 7 heteroatoms. The summed E-state index contributed by atoms with van der Waals surface area (Å²) in [6.45, 7) is 2.19. The lowest BCUT2D eigenvalue weighted by Crippen LogP contribution is -2.19. The summed E-state index contributed by atoms with van der Waals surface area (Å²) in [6.07, 6.45) is 0.332. The van der Waals surface area contributed by atoms with E-state index in [9.17, 15) is 14.9 Å². The number of hydrogen-bond donors (Lipinski definition) is 2. The second kappa shape index (κ2) is 7.62. The van der Waals surface area contributed by atoms with Gasteiger partial charge in [-0.2, -0.15) is 0 Å². The number of halogens is 1. The predicted molar refractivity (Wildman–Crippen MR) is 72.3 cm³/mol. The molecule has 0 unspecified atom stereocenters. The zero-order valence-electron chi connectivity index (χ0n) is 10.2. The maximum absolute atomic E-state index is 11.5. The van der Waals surface area contributed by atoms with Crippen molar-refractivity contribution >= 4 is 29.7 Å². The third kappa shape index (κ3) is 4.31. The number of hydrogen-bond acceptors (Lipinski definition) is 4. The molecule has 0 aliphatic carbocycles. The van der Waals surface area contributed by atoms with Crippen LogP contribution in [0.25, 0.3) is 0 Å². The summed E-state index contributed by atoms with van der Waals surface area (Å²) in [5.74, 6) is -0.164. The molecule has 0 aliphatic heterocycles. The van der Waals surface area contributed by atoms with Crippen LogP contribution >= 0.6 is 12.4 Å². The van der Waals surface area contributed by atoms with Gasteiger partial charge in [0.25, 0.3) is 5.69 Å². The zero-order valence-corrected chi connectivity index (χ0v) is 11.0. The Morgan fingerprint density at radius 2 is 2.11 bits per heavy atom. The Labute approximate surface area is 111 Å². The van der Waals surface area contributed by atoms with Crippen LogP contribution in [0.4, 0.5) is 11.4 Å². The van der Waals surface area contributed by atoms with E-state index in [0.29, 0.717) is 24.2 Å². The van der Waals surface area contributed by atoms with Crippen LogP contribution in [0.2, 0.25) is 0 Å². The minimum atomic E-state index is -0.460. The first-order valence-corrected chi connectivity index (χ1v) is 5.24. The Balaban J connectivity index is 0.00000289. The Morgan fingerprint density at radius 3 is 2.67 bits per heavy atom. The average Bonchev–Trinajstić information content (AvgIpc) is 2.28. The fourth-order valence-corrected chi connectivity index (χ4v) is 1.41. The standard InChI is InChI=1S/C11H15N3O3.ClH/c1-8-9(13-11(15)6-7-12-2)4-3-5-10(8)14(16)17;/h3-5,12H,6-7H2,1-2H3,(H,13,15);1H. The van der Waals surface area contributed by atoms with Crippen molar-refractivity contribution in [3.05, 3.63) is 33.9 Å². The molecular weight excluding hydrogens is 258 g/mol. The predicted octanol–water partition coefficient (Wildman–Crippen LogP) is 1.87. The molecule has 0 aliphatic rings. The fourth-order valence-electron chi connectivity index (χ4n) is 1.41. The van der Waals surface area contributed by atoms with Crippen molar-refractivity contribution in [2.24, 2.45) is 0 Å². The maximum Gasteiger partial charge on any atom is 0.274 e. The van der Waals surface area contributed by atoms with Crippen molar-refractivity contribution < 1.29 is 9.72 Å². The number of nitrogens with one attached hydrogen (secondary N) is 2. The van der Waals surface area contributed by atoms with E-state index in [1.54, 1.807) is 26.1 Å². The van der Waals surface area contributed by atoms with Crippen molar-refractivity contribution in [1.29, 1.82) is 0 Å². The van der Waals surface area contributed by atoms with E-state index in [1.165, 1.54) is 6.07 Å². The Morgan fingerprint density at radius 1 is 1.44 bits per heavy atom. The van der Waals surface area contributed by atoms with Crippen LogP contribution in [0.5, 0.6) is 0 Å². The van der Waals surface area contributed by atoms with Crippen molar-refractivity contribution in [3.63, 3.8) is 0 Å². The lowest BCUT2D eigenvalue weighted by atomic mass is 10.1. The van der Waals surface area contributed by atoms with Gasteiger partial charge in [-0.25, -0.2) is 0 Å². The van der Waals surface area contributed by atoms with Crippen LogP contribution < -0.4 is 10.6 Å². The van der Waals surface area contributed by atoms with E-state index in [0.717, 1.165) is 0 Å². The van der Waals surface area contributed by atoms with E-state index in [-0.39, 0.29) is 24.0 Å². The van der Waals surface area contributed by atoms with E-state index < -0.39 is 4.92 Å². The molecule has 6 nitrogen and oxygen atoms in total. The van der Waals surface area contributed by atoms with Gasteiger partial charge in [0.1, 0.15) is 0 Å². The monoisotopic (exact) mass is 273 g/mol. The molecule has 1 amide bonds. The molecule has 2 N–H and O–H groups in total. The first kappa shape index (κ1) is 16.3. The quantitative estimate of drug-likeness (QED) is 0.634. The number of carbonyl (C=O) groups excluding carboxylic acids is 1. The molecule has 0 spiro atoms. The number of nitrogens with zero attached hydrogens (tertiary/aromatic N) is 1. The van der Waals surface area contributed by atoms with Crippen molar-refractivity contribution in [3.8, 4) is 0 Å². The maximum atomic E-state index is 11.5. The molecule has 0 atom stereocenters. The molecule has 18 heavy (non-hydrogen) atoms.